The van der Waals surface area contributed by atoms with E-state index in [-0.39, 0.29) is 34.4 Å². The van der Waals surface area contributed by atoms with Crippen molar-refractivity contribution in [2.24, 2.45) is 0 Å². The number of anilines is 1. The molecule has 3 aromatic carbocycles. The Labute approximate surface area is 224 Å². The van der Waals surface area contributed by atoms with E-state index in [0.717, 1.165) is 16.7 Å². The average Bonchev–Trinajstić information content (AvgIpc) is 3.44. The van der Waals surface area contributed by atoms with Crippen LogP contribution >= 0.6 is 0 Å². The molecule has 1 aliphatic rings. The number of rotatable bonds is 7. The summed E-state index contributed by atoms with van der Waals surface area (Å²) in [5.41, 5.74) is 11.0. The Morgan fingerprint density at radius 1 is 1.05 bits per heavy atom. The molecule has 0 unspecified atom stereocenters. The number of carbonyl (C=O) groups excluding carboxylic acids is 1. The third-order valence-corrected chi connectivity index (χ3v) is 7.44. The van der Waals surface area contributed by atoms with Crippen LogP contribution < -0.4 is 10.5 Å². The van der Waals surface area contributed by atoms with Crippen LogP contribution in [0.25, 0.3) is 11.8 Å². The standard InChI is InChI=1S/C29H25F2N3O4S/c1-16-8-18-10-20(11-19(18)12-21(16)15-39(3,36)37)28(35)22-14-33-34(29(22)32)25-13-24(31)27(9-17(25)2)38-26-7-5-4-6-23(26)30/h4-10,12-14H,11,15,32H2,1-3H3. The number of halogens is 2. The molecule has 5 rings (SSSR count). The number of ether oxygens (including phenoxy) is 1. The smallest absolute Gasteiger partial charge is 0.194 e. The lowest BCUT2D eigenvalue weighted by molar-refractivity contribution is 0.103. The van der Waals surface area contributed by atoms with Crippen LogP contribution in [0.5, 0.6) is 11.5 Å². The number of carbonyl (C=O) groups is 1. The highest BCUT2D eigenvalue weighted by Crippen LogP contribution is 2.34. The molecule has 10 heteroatoms. The lowest BCUT2D eigenvalue weighted by Crippen LogP contribution is -2.09. The number of aromatic nitrogens is 2. The Balaban J connectivity index is 1.41. The molecule has 0 bridgehead atoms. The van der Waals surface area contributed by atoms with E-state index in [0.29, 0.717) is 28.8 Å². The SMILES string of the molecule is Cc1cc2c(cc1CS(C)(=O)=O)CC(C(=O)c1cnn(-c3cc(F)c(Oc4ccccc4F)cc3C)c1N)=C2. The molecular weight excluding hydrogens is 524 g/mol. The van der Waals surface area contributed by atoms with Crippen LogP contribution in [0.2, 0.25) is 0 Å². The fourth-order valence-corrected chi connectivity index (χ4v) is 5.51. The average molecular weight is 550 g/mol. The molecule has 39 heavy (non-hydrogen) atoms. The van der Waals surface area contributed by atoms with Gasteiger partial charge in [-0.05, 0) is 65.9 Å². The molecule has 7 nitrogen and oxygen atoms in total. The molecular formula is C29H25F2N3O4S. The van der Waals surface area contributed by atoms with Gasteiger partial charge in [0.15, 0.2) is 38.8 Å². The number of sulfone groups is 1. The molecule has 0 radical (unpaired) electrons. The summed E-state index contributed by atoms with van der Waals surface area (Å²) in [6.45, 7) is 3.53. The summed E-state index contributed by atoms with van der Waals surface area (Å²) < 4.78 is 59.2. The van der Waals surface area contributed by atoms with Gasteiger partial charge in [-0.25, -0.2) is 21.9 Å². The van der Waals surface area contributed by atoms with Gasteiger partial charge in [0.25, 0.3) is 0 Å². The van der Waals surface area contributed by atoms with Gasteiger partial charge in [0.2, 0.25) is 0 Å². The molecule has 1 heterocycles. The first-order valence-corrected chi connectivity index (χ1v) is 14.1. The fraction of sp³-hybridized carbons (Fsp3) is 0.172. The van der Waals surface area contributed by atoms with Gasteiger partial charge in [-0.3, -0.25) is 4.79 Å². The minimum Gasteiger partial charge on any atom is -0.451 e. The second kappa shape index (κ2) is 9.77. The number of nitrogens with two attached hydrogens (primary N) is 1. The van der Waals surface area contributed by atoms with Crippen molar-refractivity contribution in [3.05, 3.63) is 105 Å². The summed E-state index contributed by atoms with van der Waals surface area (Å²) in [7, 11) is -3.21. The monoisotopic (exact) mass is 549 g/mol. The Morgan fingerprint density at radius 2 is 1.79 bits per heavy atom. The van der Waals surface area contributed by atoms with E-state index >= 15 is 0 Å². The number of fused-ring (bicyclic) bond motifs is 1. The highest BCUT2D eigenvalue weighted by Gasteiger charge is 2.26. The first-order valence-electron chi connectivity index (χ1n) is 12.0. The number of aryl methyl sites for hydroxylation is 2. The first-order chi connectivity index (χ1) is 18.4. The van der Waals surface area contributed by atoms with Gasteiger partial charge in [0, 0.05) is 24.3 Å². The van der Waals surface area contributed by atoms with Crippen LogP contribution in [0.4, 0.5) is 14.6 Å². The van der Waals surface area contributed by atoms with Crippen molar-refractivity contribution in [2.75, 3.05) is 12.0 Å². The minimum absolute atomic E-state index is 0.0380. The highest BCUT2D eigenvalue weighted by molar-refractivity contribution is 7.89. The predicted octanol–water partition coefficient (Wildman–Crippen LogP) is 5.51. The number of ketones is 1. The topological polar surface area (TPSA) is 104 Å². The van der Waals surface area contributed by atoms with Crippen molar-refractivity contribution >= 4 is 27.5 Å². The van der Waals surface area contributed by atoms with Crippen molar-refractivity contribution in [1.82, 2.24) is 9.78 Å². The maximum absolute atomic E-state index is 15.0. The van der Waals surface area contributed by atoms with Crippen molar-refractivity contribution < 1.29 is 26.7 Å². The van der Waals surface area contributed by atoms with Gasteiger partial charge >= 0.3 is 0 Å². The molecule has 200 valence electrons. The zero-order valence-corrected chi connectivity index (χ0v) is 22.3. The van der Waals surface area contributed by atoms with Gasteiger partial charge in [-0.1, -0.05) is 24.3 Å². The molecule has 4 aromatic rings. The van der Waals surface area contributed by atoms with E-state index in [2.05, 4.69) is 5.10 Å². The number of allylic oxidation sites excluding steroid dienone is 1. The molecule has 0 atom stereocenters. The molecule has 0 spiro atoms. The summed E-state index contributed by atoms with van der Waals surface area (Å²) >= 11 is 0. The number of Topliss-reactive ketones (excluding diaryl/α,β-unsaturated/α-hetero) is 1. The largest absolute Gasteiger partial charge is 0.451 e. The fourth-order valence-electron chi connectivity index (χ4n) is 4.64. The van der Waals surface area contributed by atoms with E-state index in [1.807, 2.05) is 19.1 Å². The van der Waals surface area contributed by atoms with Crippen molar-refractivity contribution in [1.29, 1.82) is 0 Å². The van der Waals surface area contributed by atoms with Crippen molar-refractivity contribution in [3.8, 4) is 17.2 Å². The molecule has 1 aliphatic carbocycles. The van der Waals surface area contributed by atoms with Gasteiger partial charge in [0.1, 0.15) is 5.82 Å². The Hall–Kier alpha value is -4.31. The Bertz CT molecular complexity index is 1790. The van der Waals surface area contributed by atoms with Crippen LogP contribution in [-0.2, 0) is 22.0 Å². The van der Waals surface area contributed by atoms with E-state index in [1.54, 1.807) is 19.1 Å². The van der Waals surface area contributed by atoms with Crippen LogP contribution in [0.3, 0.4) is 0 Å². The molecule has 0 aliphatic heterocycles. The molecule has 0 saturated heterocycles. The van der Waals surface area contributed by atoms with E-state index in [4.69, 9.17) is 10.5 Å². The lowest BCUT2D eigenvalue weighted by Gasteiger charge is -2.13. The lowest BCUT2D eigenvalue weighted by atomic mass is 10.0. The number of nitrogens with zero attached hydrogens (tertiary/aromatic N) is 2. The predicted molar refractivity (Wildman–Crippen MR) is 145 cm³/mol. The first kappa shape index (κ1) is 26.3. The zero-order chi connectivity index (χ0) is 28.1. The van der Waals surface area contributed by atoms with Crippen molar-refractivity contribution in [2.45, 2.75) is 26.0 Å². The third kappa shape index (κ3) is 5.20. The highest BCUT2D eigenvalue weighted by atomic mass is 32.2. The number of benzene rings is 3. The van der Waals surface area contributed by atoms with Crippen LogP contribution in [-0.4, -0.2) is 30.2 Å². The summed E-state index contributed by atoms with van der Waals surface area (Å²) in [6, 6.07) is 12.0. The normalized spacial score (nSPS) is 12.8. The quantitative estimate of drug-likeness (QED) is 0.305. The zero-order valence-electron chi connectivity index (χ0n) is 21.5. The summed E-state index contributed by atoms with van der Waals surface area (Å²) in [5, 5.41) is 4.24. The second-order valence-electron chi connectivity index (χ2n) is 9.68. The molecule has 0 saturated carbocycles. The Morgan fingerprint density at radius 3 is 2.51 bits per heavy atom. The van der Waals surface area contributed by atoms with E-state index in [9.17, 15) is 22.0 Å². The summed E-state index contributed by atoms with van der Waals surface area (Å²) in [4.78, 5) is 13.4. The number of hydrogen-bond donors (Lipinski definition) is 1. The molecule has 0 fully saturated rings. The minimum atomic E-state index is -3.21. The van der Waals surface area contributed by atoms with Crippen LogP contribution in [0.1, 0.15) is 38.2 Å². The maximum atomic E-state index is 15.0. The van der Waals surface area contributed by atoms with Gasteiger partial charge in [-0.15, -0.1) is 0 Å². The number of nitrogen functional groups attached to an aromatic ring is 1. The molecule has 0 amide bonds. The summed E-state index contributed by atoms with van der Waals surface area (Å²) in [6.07, 6.45) is 4.62. The molecule has 2 N–H and O–H groups in total. The second-order valence-corrected chi connectivity index (χ2v) is 11.8. The molecule has 1 aromatic heterocycles. The van der Waals surface area contributed by atoms with E-state index in [1.165, 1.54) is 47.5 Å². The van der Waals surface area contributed by atoms with Gasteiger partial charge in [0.05, 0.1) is 23.2 Å². The number of hydrogen-bond acceptors (Lipinski definition) is 6. The summed E-state index contributed by atoms with van der Waals surface area (Å²) in [5.74, 6) is -2.01. The van der Waals surface area contributed by atoms with Crippen LogP contribution in [0.15, 0.2) is 60.3 Å². The third-order valence-electron chi connectivity index (χ3n) is 6.60. The van der Waals surface area contributed by atoms with E-state index < -0.39 is 21.5 Å². The maximum Gasteiger partial charge on any atom is 0.194 e. The van der Waals surface area contributed by atoms with Crippen LogP contribution in [0, 0.1) is 25.5 Å². The van der Waals surface area contributed by atoms with Gasteiger partial charge in [-0.2, -0.15) is 5.10 Å². The number of para-hydroxylation sites is 1. The Kier molecular flexibility index (Phi) is 6.59. The van der Waals surface area contributed by atoms with Crippen molar-refractivity contribution in [3.63, 3.8) is 0 Å². The van der Waals surface area contributed by atoms with Gasteiger partial charge < -0.3 is 10.5 Å².